The number of nitrogens with zero attached hydrogens (tertiary/aromatic N) is 2. The molecule has 0 saturated heterocycles. The topological polar surface area (TPSA) is 45.8 Å². The highest BCUT2D eigenvalue weighted by atomic mass is 32.1. The lowest BCUT2D eigenvalue weighted by Crippen LogP contribution is -2.17. The highest BCUT2D eigenvalue weighted by Crippen LogP contribution is 2.38. The third kappa shape index (κ3) is 2.86. The summed E-state index contributed by atoms with van der Waals surface area (Å²) in [6.07, 6.45) is 0.665. The molecule has 0 fully saturated rings. The molecule has 5 rings (SSSR count). The lowest BCUT2D eigenvalue weighted by atomic mass is 10.0. The summed E-state index contributed by atoms with van der Waals surface area (Å²) in [7, 11) is 0. The summed E-state index contributed by atoms with van der Waals surface area (Å²) in [5.41, 5.74) is 2.56. The fraction of sp³-hybridized carbons (Fsp3) is 0.0909. The van der Waals surface area contributed by atoms with Gasteiger partial charge in [0.25, 0.3) is 0 Å². The zero-order valence-corrected chi connectivity index (χ0v) is 15.2. The highest BCUT2D eigenvalue weighted by Gasteiger charge is 2.31. The Morgan fingerprint density at radius 3 is 2.63 bits per heavy atom. The maximum atomic E-state index is 12.6. The normalized spacial score (nSPS) is 16.7. The molecule has 5 heteroatoms. The average Bonchev–Trinajstić information content (AvgIpc) is 3.38. The zero-order valence-electron chi connectivity index (χ0n) is 14.4. The van der Waals surface area contributed by atoms with Gasteiger partial charge in [0, 0.05) is 16.7 Å². The summed E-state index contributed by atoms with van der Waals surface area (Å²) in [5, 5.41) is 9.81. The van der Waals surface area contributed by atoms with Gasteiger partial charge in [-0.1, -0.05) is 42.5 Å². The van der Waals surface area contributed by atoms with E-state index in [0.717, 1.165) is 16.8 Å². The van der Waals surface area contributed by atoms with E-state index >= 15 is 0 Å². The number of fused-ring (bicyclic) bond motifs is 1. The van der Waals surface area contributed by atoms with Gasteiger partial charge in [0.2, 0.25) is 0 Å². The van der Waals surface area contributed by atoms with Crippen LogP contribution in [0.5, 0.6) is 0 Å². The minimum atomic E-state index is -0.340. The van der Waals surface area contributed by atoms with Crippen molar-refractivity contribution in [2.24, 2.45) is 5.10 Å². The molecule has 2 aromatic heterocycles. The van der Waals surface area contributed by atoms with Gasteiger partial charge in [-0.25, -0.2) is 4.79 Å². The summed E-state index contributed by atoms with van der Waals surface area (Å²) < 4.78 is 5.52. The second-order valence-corrected chi connectivity index (χ2v) is 7.43. The van der Waals surface area contributed by atoms with Crippen LogP contribution in [0.1, 0.15) is 22.9 Å². The minimum absolute atomic E-state index is 0.0771. The van der Waals surface area contributed by atoms with Gasteiger partial charge in [-0.05, 0) is 35.7 Å². The number of benzene rings is 2. The highest BCUT2D eigenvalue weighted by molar-refractivity contribution is 7.10. The number of anilines is 1. The molecular formula is C22H16N2O2S. The number of para-hydroxylation sites is 2. The molecule has 4 aromatic rings. The van der Waals surface area contributed by atoms with Crippen molar-refractivity contribution in [3.63, 3.8) is 0 Å². The first-order chi connectivity index (χ1) is 13.3. The van der Waals surface area contributed by atoms with E-state index in [-0.39, 0.29) is 11.7 Å². The Morgan fingerprint density at radius 1 is 1.00 bits per heavy atom. The van der Waals surface area contributed by atoms with Gasteiger partial charge in [-0.3, -0.25) is 5.01 Å². The zero-order chi connectivity index (χ0) is 18.2. The predicted octanol–water partition coefficient (Wildman–Crippen LogP) is 5.21. The second-order valence-electron chi connectivity index (χ2n) is 6.45. The van der Waals surface area contributed by atoms with E-state index in [1.165, 1.54) is 4.88 Å². The molecule has 132 valence electrons. The molecular weight excluding hydrogens is 356 g/mol. The summed E-state index contributed by atoms with van der Waals surface area (Å²) in [5.74, 6) is 0. The van der Waals surface area contributed by atoms with Crippen LogP contribution in [-0.4, -0.2) is 5.71 Å². The second kappa shape index (κ2) is 6.52. The van der Waals surface area contributed by atoms with E-state index < -0.39 is 0 Å². The van der Waals surface area contributed by atoms with Gasteiger partial charge in [-0.2, -0.15) is 5.10 Å². The van der Waals surface area contributed by atoms with Crippen molar-refractivity contribution < 1.29 is 4.42 Å². The molecule has 27 heavy (non-hydrogen) atoms. The van der Waals surface area contributed by atoms with E-state index in [2.05, 4.69) is 11.4 Å². The Balaban J connectivity index is 1.62. The number of hydrazone groups is 1. The number of thiophene rings is 1. The van der Waals surface area contributed by atoms with Gasteiger partial charge in [0.15, 0.2) is 0 Å². The Labute approximate surface area is 160 Å². The van der Waals surface area contributed by atoms with Gasteiger partial charge < -0.3 is 4.42 Å². The van der Waals surface area contributed by atoms with Crippen LogP contribution in [-0.2, 0) is 0 Å². The Bertz CT molecular complexity index is 1180. The van der Waals surface area contributed by atoms with Gasteiger partial charge in [0.05, 0.1) is 23.0 Å². The first kappa shape index (κ1) is 16.0. The Kier molecular flexibility index (Phi) is 3.87. The van der Waals surface area contributed by atoms with Crippen molar-refractivity contribution in [2.45, 2.75) is 12.5 Å². The van der Waals surface area contributed by atoms with Crippen molar-refractivity contribution in [2.75, 3.05) is 5.01 Å². The molecule has 4 nitrogen and oxygen atoms in total. The molecule has 3 heterocycles. The van der Waals surface area contributed by atoms with Crippen molar-refractivity contribution in [1.82, 2.24) is 0 Å². The van der Waals surface area contributed by atoms with E-state index in [4.69, 9.17) is 9.52 Å². The van der Waals surface area contributed by atoms with Crippen LogP contribution in [0.15, 0.2) is 92.5 Å². The molecule has 1 aliphatic heterocycles. The molecule has 0 spiro atoms. The maximum Gasteiger partial charge on any atom is 0.345 e. The minimum Gasteiger partial charge on any atom is -0.422 e. The standard InChI is InChI=1S/C22H16N2O2S/c25-22-17(13-15-7-4-5-10-20(15)26-22)18-14-19(21-11-6-12-27-21)24(23-18)16-8-2-1-3-9-16/h1-13,19H,14H2. The van der Waals surface area contributed by atoms with Crippen LogP contribution >= 0.6 is 11.3 Å². The molecule has 0 bridgehead atoms. The third-order valence-electron chi connectivity index (χ3n) is 4.76. The summed E-state index contributed by atoms with van der Waals surface area (Å²) in [4.78, 5) is 13.8. The molecule has 1 aliphatic rings. The molecule has 0 saturated carbocycles. The maximum absolute atomic E-state index is 12.6. The Hall–Kier alpha value is -3.18. The van der Waals surface area contributed by atoms with Crippen molar-refractivity contribution in [1.29, 1.82) is 0 Å². The summed E-state index contributed by atoms with van der Waals surface area (Å²) in [6.45, 7) is 0. The van der Waals surface area contributed by atoms with Crippen LogP contribution in [0.4, 0.5) is 5.69 Å². The van der Waals surface area contributed by atoms with Crippen LogP contribution < -0.4 is 10.6 Å². The molecule has 0 radical (unpaired) electrons. The van der Waals surface area contributed by atoms with Crippen LogP contribution in [0, 0.1) is 0 Å². The molecule has 1 atom stereocenters. The van der Waals surface area contributed by atoms with Crippen LogP contribution in [0.25, 0.3) is 11.0 Å². The lowest BCUT2D eigenvalue weighted by Gasteiger charge is -2.22. The fourth-order valence-electron chi connectivity index (χ4n) is 3.46. The van der Waals surface area contributed by atoms with Gasteiger partial charge in [-0.15, -0.1) is 11.3 Å². The average molecular weight is 372 g/mol. The molecule has 0 amide bonds. The summed E-state index contributed by atoms with van der Waals surface area (Å²) >= 11 is 1.71. The van der Waals surface area contributed by atoms with E-state index in [1.54, 1.807) is 11.3 Å². The number of hydrogen-bond donors (Lipinski definition) is 0. The number of rotatable bonds is 3. The predicted molar refractivity (Wildman–Crippen MR) is 110 cm³/mol. The molecule has 2 aromatic carbocycles. The molecule has 0 N–H and O–H groups in total. The first-order valence-electron chi connectivity index (χ1n) is 8.78. The Morgan fingerprint density at radius 2 is 1.81 bits per heavy atom. The van der Waals surface area contributed by atoms with E-state index in [9.17, 15) is 4.79 Å². The smallest absolute Gasteiger partial charge is 0.345 e. The third-order valence-corrected chi connectivity index (χ3v) is 5.73. The van der Waals surface area contributed by atoms with Crippen LogP contribution in [0.3, 0.4) is 0 Å². The van der Waals surface area contributed by atoms with Gasteiger partial charge >= 0.3 is 5.63 Å². The lowest BCUT2D eigenvalue weighted by molar-refractivity contribution is 0.559. The van der Waals surface area contributed by atoms with E-state index in [1.807, 2.05) is 71.7 Å². The van der Waals surface area contributed by atoms with Crippen molar-refractivity contribution in [3.05, 3.63) is 99.0 Å². The van der Waals surface area contributed by atoms with Crippen molar-refractivity contribution in [3.8, 4) is 0 Å². The fourth-order valence-corrected chi connectivity index (χ4v) is 4.27. The summed E-state index contributed by atoms with van der Waals surface area (Å²) in [6, 6.07) is 23.7. The van der Waals surface area contributed by atoms with Gasteiger partial charge in [0.1, 0.15) is 5.58 Å². The SMILES string of the molecule is O=c1oc2ccccc2cc1C1=NN(c2ccccc2)C(c2cccs2)C1. The molecule has 0 aliphatic carbocycles. The van der Waals surface area contributed by atoms with Crippen molar-refractivity contribution >= 4 is 33.7 Å². The largest absolute Gasteiger partial charge is 0.422 e. The van der Waals surface area contributed by atoms with Crippen LogP contribution in [0.2, 0.25) is 0 Å². The quantitative estimate of drug-likeness (QED) is 0.464. The first-order valence-corrected chi connectivity index (χ1v) is 9.66. The monoisotopic (exact) mass is 372 g/mol. The van der Waals surface area contributed by atoms with E-state index in [0.29, 0.717) is 17.6 Å². The number of hydrogen-bond acceptors (Lipinski definition) is 5. The molecule has 1 unspecified atom stereocenters.